The van der Waals surface area contributed by atoms with Crippen LogP contribution in [0.25, 0.3) is 0 Å². The zero-order valence-electron chi connectivity index (χ0n) is 16.3. The molecule has 0 unspecified atom stereocenters. The van der Waals surface area contributed by atoms with Gasteiger partial charge in [0.15, 0.2) is 0 Å². The Morgan fingerprint density at radius 3 is 2.55 bits per heavy atom. The Bertz CT molecular complexity index is 1130. The van der Waals surface area contributed by atoms with Crippen LogP contribution in [-0.4, -0.2) is 33.5 Å². The van der Waals surface area contributed by atoms with Crippen molar-refractivity contribution in [1.29, 1.82) is 0 Å². The normalized spacial score (nSPS) is 11.0. The van der Waals surface area contributed by atoms with E-state index >= 15 is 0 Å². The highest BCUT2D eigenvalue weighted by atomic mass is 32.2. The molecule has 1 amide bonds. The minimum absolute atomic E-state index is 0.00726. The lowest BCUT2D eigenvalue weighted by Gasteiger charge is -2.22. The second kappa shape index (κ2) is 8.32. The van der Waals surface area contributed by atoms with Crippen molar-refractivity contribution in [3.05, 3.63) is 78.1 Å². The Labute approximate surface area is 170 Å². The quantitative estimate of drug-likeness (QED) is 0.671. The molecule has 2 aromatic carbocycles. The number of amides is 1. The average Bonchev–Trinajstić information content (AvgIpc) is 2.74. The lowest BCUT2D eigenvalue weighted by Crippen LogP contribution is -2.27. The van der Waals surface area contributed by atoms with E-state index in [9.17, 15) is 13.2 Å². The van der Waals surface area contributed by atoms with E-state index in [1.54, 1.807) is 55.6 Å². The summed E-state index contributed by atoms with van der Waals surface area (Å²) in [5, 5.41) is 2.73. The molecule has 1 heterocycles. The van der Waals surface area contributed by atoms with Crippen LogP contribution < -0.4 is 14.4 Å². The van der Waals surface area contributed by atoms with Gasteiger partial charge in [-0.05, 0) is 48.9 Å². The maximum absolute atomic E-state index is 13.2. The molecule has 1 N–H and O–H groups in total. The van der Waals surface area contributed by atoms with Gasteiger partial charge in [0.25, 0.3) is 15.9 Å². The molecule has 3 rings (SSSR count). The van der Waals surface area contributed by atoms with Crippen molar-refractivity contribution < 1.29 is 17.9 Å². The molecule has 0 aliphatic heterocycles. The van der Waals surface area contributed by atoms with Gasteiger partial charge in [-0.25, -0.2) is 8.42 Å². The van der Waals surface area contributed by atoms with Crippen molar-refractivity contribution in [2.75, 3.05) is 23.8 Å². The SMILES string of the molecule is COc1ccccc1N(C)S(=O)(=O)c1ccc(C)c(C(=O)Nc2cccnc2)c1. The molecular formula is C21H21N3O4S. The third-order valence-electron chi connectivity index (χ3n) is 4.46. The van der Waals surface area contributed by atoms with Crippen molar-refractivity contribution >= 4 is 27.3 Å². The van der Waals surface area contributed by atoms with Crippen LogP contribution in [0, 0.1) is 6.92 Å². The third-order valence-corrected chi connectivity index (χ3v) is 6.22. The monoisotopic (exact) mass is 411 g/mol. The standard InChI is InChI=1S/C21H21N3O4S/c1-15-10-11-17(13-18(15)21(25)23-16-7-6-12-22-14-16)29(26,27)24(2)19-8-4-5-9-20(19)28-3/h4-14H,1-3H3,(H,23,25). The number of aryl methyl sites for hydroxylation is 1. The van der Waals surface area contributed by atoms with Gasteiger partial charge in [0, 0.05) is 18.8 Å². The van der Waals surface area contributed by atoms with Crippen molar-refractivity contribution in [3.63, 3.8) is 0 Å². The van der Waals surface area contributed by atoms with Crippen LogP contribution in [0.3, 0.4) is 0 Å². The molecule has 0 saturated carbocycles. The number of rotatable bonds is 6. The fraction of sp³-hybridized carbons (Fsp3) is 0.143. The molecule has 3 aromatic rings. The molecule has 29 heavy (non-hydrogen) atoms. The highest BCUT2D eigenvalue weighted by molar-refractivity contribution is 7.92. The molecule has 0 saturated heterocycles. The highest BCUT2D eigenvalue weighted by Gasteiger charge is 2.25. The maximum atomic E-state index is 13.2. The van der Waals surface area contributed by atoms with Crippen LogP contribution in [0.15, 0.2) is 71.9 Å². The number of pyridine rings is 1. The van der Waals surface area contributed by atoms with E-state index in [-0.39, 0.29) is 10.5 Å². The number of hydrogen-bond donors (Lipinski definition) is 1. The number of benzene rings is 2. The van der Waals surface area contributed by atoms with E-state index < -0.39 is 15.9 Å². The van der Waals surface area contributed by atoms with Gasteiger partial charge in [0.2, 0.25) is 0 Å². The smallest absolute Gasteiger partial charge is 0.264 e. The van der Waals surface area contributed by atoms with Gasteiger partial charge < -0.3 is 10.1 Å². The molecule has 7 nitrogen and oxygen atoms in total. The molecule has 0 fully saturated rings. The summed E-state index contributed by atoms with van der Waals surface area (Å²) in [6.07, 6.45) is 3.12. The molecule has 0 atom stereocenters. The van der Waals surface area contributed by atoms with Crippen molar-refractivity contribution in [2.24, 2.45) is 0 Å². The van der Waals surface area contributed by atoms with Gasteiger partial charge in [-0.3, -0.25) is 14.1 Å². The number of ether oxygens (including phenoxy) is 1. The lowest BCUT2D eigenvalue weighted by atomic mass is 10.1. The number of nitrogens with zero attached hydrogens (tertiary/aromatic N) is 2. The molecule has 0 radical (unpaired) electrons. The van der Waals surface area contributed by atoms with Crippen molar-refractivity contribution in [1.82, 2.24) is 4.98 Å². The largest absolute Gasteiger partial charge is 0.495 e. The van der Waals surface area contributed by atoms with E-state index in [1.165, 1.54) is 32.5 Å². The van der Waals surface area contributed by atoms with Crippen LogP contribution in [0.2, 0.25) is 0 Å². The topological polar surface area (TPSA) is 88.6 Å². The van der Waals surface area contributed by atoms with Gasteiger partial charge in [-0.2, -0.15) is 0 Å². The molecule has 8 heteroatoms. The average molecular weight is 411 g/mol. The number of carbonyl (C=O) groups excluding carboxylic acids is 1. The Hall–Kier alpha value is -3.39. The number of carbonyl (C=O) groups is 1. The molecule has 0 bridgehead atoms. The molecule has 0 spiro atoms. The first-order valence-corrected chi connectivity index (χ1v) is 10.2. The van der Waals surface area contributed by atoms with Gasteiger partial charge in [-0.1, -0.05) is 18.2 Å². The van der Waals surface area contributed by atoms with Gasteiger partial charge in [0.1, 0.15) is 5.75 Å². The minimum atomic E-state index is -3.91. The number of sulfonamides is 1. The van der Waals surface area contributed by atoms with Crippen molar-refractivity contribution in [2.45, 2.75) is 11.8 Å². The summed E-state index contributed by atoms with van der Waals surface area (Å²) < 4.78 is 32.8. The van der Waals surface area contributed by atoms with E-state index in [2.05, 4.69) is 10.3 Å². The van der Waals surface area contributed by atoms with Crippen LogP contribution in [0.1, 0.15) is 15.9 Å². The number of anilines is 2. The second-order valence-electron chi connectivity index (χ2n) is 6.32. The lowest BCUT2D eigenvalue weighted by molar-refractivity contribution is 0.102. The first-order chi connectivity index (χ1) is 13.8. The first-order valence-electron chi connectivity index (χ1n) is 8.78. The summed E-state index contributed by atoms with van der Waals surface area (Å²) in [5.74, 6) is 0.0210. The van der Waals surface area contributed by atoms with Crippen molar-refractivity contribution in [3.8, 4) is 5.75 Å². The maximum Gasteiger partial charge on any atom is 0.264 e. The second-order valence-corrected chi connectivity index (χ2v) is 8.29. The molecule has 150 valence electrons. The summed E-state index contributed by atoms with van der Waals surface area (Å²) in [6, 6.07) is 14.7. The molecule has 0 aliphatic carbocycles. The summed E-state index contributed by atoms with van der Waals surface area (Å²) in [7, 11) is -0.984. The fourth-order valence-electron chi connectivity index (χ4n) is 2.82. The summed E-state index contributed by atoms with van der Waals surface area (Å²) >= 11 is 0. The number of para-hydroxylation sites is 2. The third kappa shape index (κ3) is 4.22. The summed E-state index contributed by atoms with van der Waals surface area (Å²) in [5.41, 5.74) is 1.85. The predicted molar refractivity (Wildman–Crippen MR) is 112 cm³/mol. The number of nitrogens with one attached hydrogen (secondary N) is 1. The van der Waals surface area contributed by atoms with Gasteiger partial charge >= 0.3 is 0 Å². The van der Waals surface area contributed by atoms with Gasteiger partial charge in [-0.15, -0.1) is 0 Å². The van der Waals surface area contributed by atoms with E-state index in [4.69, 9.17) is 4.74 Å². The predicted octanol–water partition coefficient (Wildman–Crippen LogP) is 3.48. The molecular weight excluding hydrogens is 390 g/mol. The Kier molecular flexibility index (Phi) is 5.84. The number of methoxy groups -OCH3 is 1. The Morgan fingerprint density at radius 1 is 1.10 bits per heavy atom. The zero-order chi connectivity index (χ0) is 21.0. The number of aromatic nitrogens is 1. The molecule has 0 aliphatic rings. The zero-order valence-corrected chi connectivity index (χ0v) is 17.1. The minimum Gasteiger partial charge on any atom is -0.495 e. The first kappa shape index (κ1) is 20.3. The Balaban J connectivity index is 1.96. The summed E-state index contributed by atoms with van der Waals surface area (Å²) in [4.78, 5) is 16.6. The fourth-order valence-corrected chi connectivity index (χ4v) is 4.05. The Morgan fingerprint density at radius 2 is 1.86 bits per heavy atom. The summed E-state index contributed by atoms with van der Waals surface area (Å²) in [6.45, 7) is 1.75. The molecule has 1 aromatic heterocycles. The van der Waals surface area contributed by atoms with Gasteiger partial charge in [0.05, 0.1) is 29.6 Å². The van der Waals surface area contributed by atoms with E-state index in [0.29, 0.717) is 22.7 Å². The van der Waals surface area contributed by atoms with Crippen LogP contribution in [-0.2, 0) is 10.0 Å². The van der Waals surface area contributed by atoms with Crippen LogP contribution >= 0.6 is 0 Å². The van der Waals surface area contributed by atoms with Crippen LogP contribution in [0.4, 0.5) is 11.4 Å². The highest BCUT2D eigenvalue weighted by Crippen LogP contribution is 2.31. The van der Waals surface area contributed by atoms with E-state index in [0.717, 1.165) is 4.31 Å². The van der Waals surface area contributed by atoms with E-state index in [1.807, 2.05) is 0 Å². The number of hydrogen-bond acceptors (Lipinski definition) is 5. The van der Waals surface area contributed by atoms with Crippen LogP contribution in [0.5, 0.6) is 5.75 Å².